The number of fused-ring (bicyclic) bond motifs is 3. The fourth-order valence-corrected chi connectivity index (χ4v) is 4.53. The minimum atomic E-state index is -0.125. The van der Waals surface area contributed by atoms with Gasteiger partial charge < -0.3 is 18.9 Å². The Bertz CT molecular complexity index is 758. The van der Waals surface area contributed by atoms with E-state index in [0.29, 0.717) is 24.5 Å². The molecule has 0 amide bonds. The number of rotatable bonds is 2. The largest absolute Gasteiger partial charge is 0.454 e. The first kappa shape index (κ1) is 14.3. The second kappa shape index (κ2) is 5.50. The van der Waals surface area contributed by atoms with Crippen molar-refractivity contribution in [3.05, 3.63) is 59.2 Å². The smallest absolute Gasteiger partial charge is 0.231 e. The molecule has 2 aliphatic heterocycles. The quantitative estimate of drug-likeness (QED) is 0.849. The summed E-state index contributed by atoms with van der Waals surface area (Å²) in [6.45, 7) is 1.04. The number of ether oxygens (including phenoxy) is 4. The molecule has 0 aromatic heterocycles. The van der Waals surface area contributed by atoms with Gasteiger partial charge in [-0.3, -0.25) is 0 Å². The van der Waals surface area contributed by atoms with Crippen molar-refractivity contribution in [1.29, 1.82) is 0 Å². The Morgan fingerprint density at radius 2 is 1.79 bits per heavy atom. The zero-order valence-corrected chi connectivity index (χ0v) is 13.6. The molecule has 3 aliphatic rings. The molecular formula is C20H20O4. The third-order valence-electron chi connectivity index (χ3n) is 5.60. The van der Waals surface area contributed by atoms with Gasteiger partial charge in [0.1, 0.15) is 0 Å². The average Bonchev–Trinajstić information content (AvgIpc) is 3.24. The molecule has 124 valence electrons. The van der Waals surface area contributed by atoms with Gasteiger partial charge in [0.2, 0.25) is 6.79 Å². The second-order valence-electron chi connectivity index (χ2n) is 6.76. The topological polar surface area (TPSA) is 36.9 Å². The summed E-state index contributed by atoms with van der Waals surface area (Å²) < 4.78 is 22.8. The van der Waals surface area contributed by atoms with Gasteiger partial charge >= 0.3 is 0 Å². The summed E-state index contributed by atoms with van der Waals surface area (Å²) in [6.07, 6.45) is 0.832. The van der Waals surface area contributed by atoms with Crippen LogP contribution in [0.2, 0.25) is 0 Å². The van der Waals surface area contributed by atoms with Gasteiger partial charge in [0.15, 0.2) is 17.8 Å². The van der Waals surface area contributed by atoms with Gasteiger partial charge in [0.25, 0.3) is 0 Å². The van der Waals surface area contributed by atoms with E-state index in [1.165, 1.54) is 16.7 Å². The molecular weight excluding hydrogens is 304 g/mol. The van der Waals surface area contributed by atoms with Crippen LogP contribution in [0.25, 0.3) is 0 Å². The van der Waals surface area contributed by atoms with Crippen molar-refractivity contribution < 1.29 is 18.9 Å². The van der Waals surface area contributed by atoms with Crippen molar-refractivity contribution in [2.24, 2.45) is 11.8 Å². The van der Waals surface area contributed by atoms with Gasteiger partial charge in [0, 0.05) is 24.9 Å². The highest BCUT2D eigenvalue weighted by molar-refractivity contribution is 5.53. The number of methoxy groups -OCH3 is 1. The molecule has 24 heavy (non-hydrogen) atoms. The van der Waals surface area contributed by atoms with Crippen LogP contribution in [-0.2, 0) is 15.9 Å². The van der Waals surface area contributed by atoms with Crippen molar-refractivity contribution in [2.45, 2.75) is 18.6 Å². The number of hydrogen-bond acceptors (Lipinski definition) is 4. The van der Waals surface area contributed by atoms with Gasteiger partial charge in [-0.2, -0.15) is 0 Å². The van der Waals surface area contributed by atoms with Gasteiger partial charge in [-0.25, -0.2) is 0 Å². The molecule has 2 aromatic rings. The minimum Gasteiger partial charge on any atom is -0.454 e. The van der Waals surface area contributed by atoms with E-state index in [1.807, 2.05) is 0 Å². The standard InChI is InChI=1S/C20H20O4/c1-21-20-15-7-13-8-17-18(24-11-23-17)9-14(13)19(16(15)10-22-20)12-5-3-2-4-6-12/h2-6,8-9,15-16,19-20H,7,10-11H2,1H3/t15-,16+,19+,20-/m1/s1. The van der Waals surface area contributed by atoms with Crippen LogP contribution in [0.4, 0.5) is 0 Å². The molecule has 2 aromatic carbocycles. The average molecular weight is 324 g/mol. The number of benzene rings is 2. The molecule has 0 N–H and O–H groups in total. The lowest BCUT2D eigenvalue weighted by molar-refractivity contribution is -0.110. The Labute approximate surface area is 141 Å². The summed E-state index contributed by atoms with van der Waals surface area (Å²) in [5, 5.41) is 0. The van der Waals surface area contributed by atoms with E-state index in [1.54, 1.807) is 7.11 Å². The summed E-state index contributed by atoms with van der Waals surface area (Å²) in [4.78, 5) is 0. The van der Waals surface area contributed by atoms with E-state index in [-0.39, 0.29) is 6.29 Å². The lowest BCUT2D eigenvalue weighted by Gasteiger charge is -2.36. The van der Waals surface area contributed by atoms with Crippen LogP contribution in [0, 0.1) is 11.8 Å². The summed E-state index contributed by atoms with van der Waals surface area (Å²) >= 11 is 0. The van der Waals surface area contributed by atoms with E-state index in [2.05, 4.69) is 42.5 Å². The fourth-order valence-electron chi connectivity index (χ4n) is 4.53. The highest BCUT2D eigenvalue weighted by atomic mass is 16.7. The van der Waals surface area contributed by atoms with E-state index in [4.69, 9.17) is 18.9 Å². The van der Waals surface area contributed by atoms with E-state index < -0.39 is 0 Å². The predicted molar refractivity (Wildman–Crippen MR) is 88.3 cm³/mol. The van der Waals surface area contributed by atoms with E-state index >= 15 is 0 Å². The van der Waals surface area contributed by atoms with Crippen molar-refractivity contribution in [3.63, 3.8) is 0 Å². The molecule has 1 saturated heterocycles. The fraction of sp³-hybridized carbons (Fsp3) is 0.400. The second-order valence-corrected chi connectivity index (χ2v) is 6.76. The third-order valence-corrected chi connectivity index (χ3v) is 5.60. The lowest BCUT2D eigenvalue weighted by atomic mass is 9.67. The molecule has 4 atom stereocenters. The first-order valence-electron chi connectivity index (χ1n) is 8.47. The highest BCUT2D eigenvalue weighted by Gasteiger charge is 2.47. The molecule has 1 fully saturated rings. The normalized spacial score (nSPS) is 30.0. The van der Waals surface area contributed by atoms with Gasteiger partial charge in [-0.1, -0.05) is 30.3 Å². The Balaban J connectivity index is 1.66. The molecule has 0 saturated carbocycles. The SMILES string of the molecule is CO[C@@H]1OC[C@@H]2[C@@H](c3ccccc3)c3cc4c(cc3C[C@@H]12)OCO4. The summed E-state index contributed by atoms with van der Waals surface area (Å²) in [6, 6.07) is 15.0. The molecule has 4 heteroatoms. The zero-order chi connectivity index (χ0) is 16.1. The molecule has 0 unspecified atom stereocenters. The van der Waals surface area contributed by atoms with E-state index in [0.717, 1.165) is 24.5 Å². The van der Waals surface area contributed by atoms with Crippen molar-refractivity contribution in [2.75, 3.05) is 20.5 Å². The van der Waals surface area contributed by atoms with Gasteiger partial charge in [-0.15, -0.1) is 0 Å². The summed E-state index contributed by atoms with van der Waals surface area (Å²) in [7, 11) is 1.74. The van der Waals surface area contributed by atoms with Crippen LogP contribution in [0.3, 0.4) is 0 Å². The lowest BCUT2D eigenvalue weighted by Crippen LogP contribution is -2.33. The zero-order valence-electron chi connectivity index (χ0n) is 13.6. The minimum absolute atomic E-state index is 0.125. The Morgan fingerprint density at radius 3 is 2.58 bits per heavy atom. The van der Waals surface area contributed by atoms with Crippen molar-refractivity contribution >= 4 is 0 Å². The Hall–Kier alpha value is -2.04. The Kier molecular flexibility index (Phi) is 3.28. The molecule has 2 heterocycles. The van der Waals surface area contributed by atoms with E-state index in [9.17, 15) is 0 Å². The summed E-state index contributed by atoms with van der Waals surface area (Å²) in [5.74, 6) is 2.80. The van der Waals surface area contributed by atoms with Gasteiger partial charge in [-0.05, 0) is 35.2 Å². The number of hydrogen-bond donors (Lipinski definition) is 0. The Morgan fingerprint density at radius 1 is 1.00 bits per heavy atom. The monoisotopic (exact) mass is 324 g/mol. The van der Waals surface area contributed by atoms with Crippen molar-refractivity contribution in [1.82, 2.24) is 0 Å². The molecule has 0 radical (unpaired) electrons. The van der Waals surface area contributed by atoms with Crippen LogP contribution in [0.1, 0.15) is 22.6 Å². The molecule has 4 nitrogen and oxygen atoms in total. The van der Waals surface area contributed by atoms with Crippen LogP contribution in [-0.4, -0.2) is 26.8 Å². The maximum Gasteiger partial charge on any atom is 0.231 e. The first-order chi connectivity index (χ1) is 11.8. The highest BCUT2D eigenvalue weighted by Crippen LogP contribution is 2.51. The van der Waals surface area contributed by atoms with Gasteiger partial charge in [0.05, 0.1) is 6.61 Å². The predicted octanol–water partition coefficient (Wildman–Crippen LogP) is 3.34. The molecule has 1 aliphatic carbocycles. The molecule has 5 rings (SSSR count). The van der Waals surface area contributed by atoms with Crippen LogP contribution >= 0.6 is 0 Å². The maximum atomic E-state index is 5.95. The summed E-state index contributed by atoms with van der Waals surface area (Å²) in [5.41, 5.74) is 3.99. The molecule has 0 spiro atoms. The third kappa shape index (κ3) is 2.06. The van der Waals surface area contributed by atoms with Crippen LogP contribution in [0.5, 0.6) is 11.5 Å². The first-order valence-corrected chi connectivity index (χ1v) is 8.47. The van der Waals surface area contributed by atoms with Crippen molar-refractivity contribution in [3.8, 4) is 11.5 Å². The molecule has 0 bridgehead atoms. The van der Waals surface area contributed by atoms with Crippen LogP contribution < -0.4 is 9.47 Å². The van der Waals surface area contributed by atoms with Crippen LogP contribution in [0.15, 0.2) is 42.5 Å². The maximum absolute atomic E-state index is 5.95.